The predicted molar refractivity (Wildman–Crippen MR) is 110 cm³/mol. The van der Waals surface area contributed by atoms with E-state index in [1.165, 1.54) is 0 Å². The van der Waals surface area contributed by atoms with Gasteiger partial charge in [0, 0.05) is 25.1 Å². The summed E-state index contributed by atoms with van der Waals surface area (Å²) >= 11 is 1.67. The molecule has 0 unspecified atom stereocenters. The lowest BCUT2D eigenvalue weighted by Gasteiger charge is -2.12. The molecule has 2 N–H and O–H groups in total. The normalized spacial score (nSPS) is 11.7. The molecule has 0 aromatic carbocycles. The van der Waals surface area contributed by atoms with Gasteiger partial charge in [-0.2, -0.15) is 0 Å². The van der Waals surface area contributed by atoms with Crippen molar-refractivity contribution in [3.8, 4) is 0 Å². The molecule has 1 aromatic rings. The Morgan fingerprint density at radius 1 is 1.30 bits per heavy atom. The van der Waals surface area contributed by atoms with Gasteiger partial charge in [0.05, 0.1) is 18.8 Å². The second kappa shape index (κ2) is 12.9. The molecule has 23 heavy (non-hydrogen) atoms. The van der Waals surface area contributed by atoms with E-state index in [-0.39, 0.29) is 24.0 Å². The summed E-state index contributed by atoms with van der Waals surface area (Å²) in [5.74, 6) is 1.86. The van der Waals surface area contributed by atoms with E-state index in [0.717, 1.165) is 36.4 Å². The van der Waals surface area contributed by atoms with Crippen LogP contribution in [0.25, 0.3) is 0 Å². The molecule has 0 aliphatic heterocycles. The van der Waals surface area contributed by atoms with Gasteiger partial charge in [-0.25, -0.2) is 9.98 Å². The van der Waals surface area contributed by atoms with Crippen molar-refractivity contribution in [2.24, 2.45) is 10.9 Å². The lowest BCUT2D eigenvalue weighted by Crippen LogP contribution is -2.39. The Bertz CT molecular complexity index is 449. The predicted octanol–water partition coefficient (Wildman–Crippen LogP) is 3.61. The van der Waals surface area contributed by atoms with Crippen molar-refractivity contribution in [2.75, 3.05) is 26.3 Å². The van der Waals surface area contributed by atoms with Crippen molar-refractivity contribution < 1.29 is 4.74 Å². The molecule has 134 valence electrons. The molecule has 5 nitrogen and oxygen atoms in total. The van der Waals surface area contributed by atoms with Gasteiger partial charge in [0.25, 0.3) is 0 Å². The highest BCUT2D eigenvalue weighted by atomic mass is 127. The van der Waals surface area contributed by atoms with Crippen LogP contribution in [0.3, 0.4) is 0 Å². The third-order valence-corrected chi connectivity index (χ3v) is 3.72. The van der Waals surface area contributed by atoms with E-state index in [4.69, 9.17) is 4.74 Å². The number of ether oxygens (including phenoxy) is 1. The minimum atomic E-state index is 0. The molecule has 1 rings (SSSR count). The smallest absolute Gasteiger partial charge is 0.191 e. The number of aromatic nitrogens is 1. The molecule has 0 aliphatic rings. The Morgan fingerprint density at radius 2 is 2.04 bits per heavy atom. The van der Waals surface area contributed by atoms with Gasteiger partial charge in [0.1, 0.15) is 5.01 Å². The zero-order valence-corrected chi connectivity index (χ0v) is 18.0. The highest BCUT2D eigenvalue weighted by molar-refractivity contribution is 14.0. The van der Waals surface area contributed by atoms with E-state index in [9.17, 15) is 0 Å². The first-order valence-corrected chi connectivity index (χ1v) is 8.95. The number of hydrogen-bond donors (Lipinski definition) is 2. The van der Waals surface area contributed by atoms with Crippen LogP contribution in [0.15, 0.2) is 10.4 Å². The fraction of sp³-hybridized carbons (Fsp3) is 0.750. The number of rotatable bonds is 9. The van der Waals surface area contributed by atoms with Gasteiger partial charge in [-0.3, -0.25) is 0 Å². The Balaban J connectivity index is 0.00000484. The highest BCUT2D eigenvalue weighted by Crippen LogP contribution is 2.18. The average molecular weight is 454 g/mol. The quantitative estimate of drug-likeness (QED) is 0.259. The third-order valence-electron chi connectivity index (χ3n) is 2.87. The van der Waals surface area contributed by atoms with Crippen LogP contribution in [-0.2, 0) is 11.3 Å². The molecule has 0 atom stereocenters. The summed E-state index contributed by atoms with van der Waals surface area (Å²) < 4.78 is 5.56. The van der Waals surface area contributed by atoms with Crippen molar-refractivity contribution in [1.82, 2.24) is 15.6 Å². The van der Waals surface area contributed by atoms with Crippen LogP contribution >= 0.6 is 35.3 Å². The summed E-state index contributed by atoms with van der Waals surface area (Å²) in [6, 6.07) is 0. The van der Waals surface area contributed by atoms with Gasteiger partial charge in [0.2, 0.25) is 0 Å². The fourth-order valence-electron chi connectivity index (χ4n) is 1.71. The average Bonchev–Trinajstić information content (AvgIpc) is 2.93. The first-order chi connectivity index (χ1) is 10.5. The molecule has 0 amide bonds. The van der Waals surface area contributed by atoms with E-state index in [1.54, 1.807) is 11.3 Å². The van der Waals surface area contributed by atoms with Crippen molar-refractivity contribution in [2.45, 2.75) is 47.1 Å². The monoisotopic (exact) mass is 454 g/mol. The molecule has 0 fully saturated rings. The second-order valence-corrected chi connectivity index (χ2v) is 6.85. The molecule has 0 spiro atoms. The van der Waals surface area contributed by atoms with Crippen LogP contribution in [0.1, 0.15) is 51.2 Å². The molecule has 0 saturated carbocycles. The summed E-state index contributed by atoms with van der Waals surface area (Å²) in [7, 11) is 0. The summed E-state index contributed by atoms with van der Waals surface area (Å²) in [6.07, 6.45) is 0. The molecular formula is C16H31IN4OS. The number of halogens is 1. The molecule has 0 aliphatic carbocycles. The molecule has 0 saturated heterocycles. The van der Waals surface area contributed by atoms with E-state index in [1.807, 2.05) is 0 Å². The van der Waals surface area contributed by atoms with Gasteiger partial charge in [-0.15, -0.1) is 35.3 Å². The molecule has 0 radical (unpaired) electrons. The number of thiazole rings is 1. The van der Waals surface area contributed by atoms with E-state index >= 15 is 0 Å². The van der Waals surface area contributed by atoms with Gasteiger partial charge < -0.3 is 15.4 Å². The summed E-state index contributed by atoms with van der Waals surface area (Å²) in [5, 5.41) is 9.70. The lowest BCUT2D eigenvalue weighted by molar-refractivity contribution is 0.114. The Morgan fingerprint density at radius 3 is 2.61 bits per heavy atom. The van der Waals surface area contributed by atoms with Crippen molar-refractivity contribution in [1.29, 1.82) is 0 Å². The van der Waals surface area contributed by atoms with Crippen LogP contribution in [0.2, 0.25) is 0 Å². The first-order valence-electron chi connectivity index (χ1n) is 8.07. The van der Waals surface area contributed by atoms with Crippen molar-refractivity contribution >= 4 is 41.3 Å². The zero-order chi connectivity index (χ0) is 16.4. The van der Waals surface area contributed by atoms with Crippen molar-refractivity contribution in [3.05, 3.63) is 16.1 Å². The van der Waals surface area contributed by atoms with Crippen molar-refractivity contribution in [3.63, 3.8) is 0 Å². The van der Waals surface area contributed by atoms with Gasteiger partial charge >= 0.3 is 0 Å². The number of nitrogens with one attached hydrogen (secondary N) is 2. The number of guanidine groups is 1. The molecule has 0 bridgehead atoms. The topological polar surface area (TPSA) is 58.5 Å². The first kappa shape index (κ1) is 22.6. The maximum atomic E-state index is 5.56. The Hall–Kier alpha value is -0.410. The lowest BCUT2D eigenvalue weighted by atomic mass is 10.2. The minimum Gasteiger partial charge on any atom is -0.379 e. The largest absolute Gasteiger partial charge is 0.379 e. The Labute approximate surface area is 161 Å². The minimum absolute atomic E-state index is 0. The highest BCUT2D eigenvalue weighted by Gasteiger charge is 2.05. The summed E-state index contributed by atoms with van der Waals surface area (Å²) in [4.78, 5) is 9.18. The fourth-order valence-corrected chi connectivity index (χ4v) is 2.59. The third kappa shape index (κ3) is 10.1. The van der Waals surface area contributed by atoms with Crippen LogP contribution in [-0.4, -0.2) is 37.2 Å². The van der Waals surface area contributed by atoms with Crippen LogP contribution < -0.4 is 10.6 Å². The second-order valence-electron chi connectivity index (χ2n) is 5.91. The van der Waals surface area contributed by atoms with E-state index in [2.05, 4.69) is 60.6 Å². The van der Waals surface area contributed by atoms with Gasteiger partial charge in [0.15, 0.2) is 5.96 Å². The maximum Gasteiger partial charge on any atom is 0.191 e. The molecule has 1 heterocycles. The molecule has 1 aromatic heterocycles. The van der Waals surface area contributed by atoms with E-state index < -0.39 is 0 Å². The zero-order valence-electron chi connectivity index (χ0n) is 14.9. The number of aliphatic imine (C=N–C) groups is 1. The SMILES string of the molecule is CCNC(=NCc1nc(C(C)C)cs1)NCCOCC(C)C.I. The van der Waals surface area contributed by atoms with Gasteiger partial charge in [-0.05, 0) is 18.8 Å². The van der Waals surface area contributed by atoms with E-state index in [0.29, 0.717) is 25.0 Å². The molecular weight excluding hydrogens is 423 g/mol. The standard InChI is InChI=1S/C16H30N4OS.HI/c1-6-17-16(18-7-8-21-10-12(2)3)19-9-15-20-14(11-22-15)13(4)5;/h11-13H,6-10H2,1-5H3,(H2,17,18,19);1H. The van der Waals surface area contributed by atoms with Gasteiger partial charge in [-0.1, -0.05) is 27.7 Å². The molecule has 7 heteroatoms. The van der Waals surface area contributed by atoms with Crippen LogP contribution in [0, 0.1) is 5.92 Å². The number of hydrogen-bond acceptors (Lipinski definition) is 4. The maximum absolute atomic E-state index is 5.56. The van der Waals surface area contributed by atoms with Crippen LogP contribution in [0.5, 0.6) is 0 Å². The Kier molecular flexibility index (Phi) is 12.7. The summed E-state index contributed by atoms with van der Waals surface area (Å²) in [5.41, 5.74) is 1.15. The number of nitrogens with zero attached hydrogens (tertiary/aromatic N) is 2. The van der Waals surface area contributed by atoms with Crippen LogP contribution in [0.4, 0.5) is 0 Å². The summed E-state index contributed by atoms with van der Waals surface area (Å²) in [6.45, 7) is 14.4.